The zero-order valence-electron chi connectivity index (χ0n) is 19.4. The summed E-state index contributed by atoms with van der Waals surface area (Å²) in [6.07, 6.45) is -1.67. The van der Waals surface area contributed by atoms with Crippen molar-refractivity contribution in [1.82, 2.24) is 15.2 Å². The molecule has 184 valence electrons. The van der Waals surface area contributed by atoms with Crippen molar-refractivity contribution >= 4 is 23.2 Å². The van der Waals surface area contributed by atoms with Crippen molar-refractivity contribution in [2.45, 2.75) is 51.0 Å². The second-order valence-corrected chi connectivity index (χ2v) is 9.63. The molecule has 0 aliphatic carbocycles. The number of likely N-dealkylation sites (tertiary alicyclic amines) is 1. The van der Waals surface area contributed by atoms with Gasteiger partial charge >= 0.3 is 0 Å². The average molecular weight is 498 g/mol. The van der Waals surface area contributed by atoms with Crippen LogP contribution in [0.15, 0.2) is 53.9 Å². The molecule has 1 aromatic heterocycles. The third-order valence-corrected chi connectivity index (χ3v) is 7.13. The molecular formula is C26H28FN3O4S. The first kappa shape index (κ1) is 25.0. The van der Waals surface area contributed by atoms with E-state index >= 15 is 0 Å². The van der Waals surface area contributed by atoms with Crippen LogP contribution >= 0.6 is 11.3 Å². The van der Waals surface area contributed by atoms with Crippen molar-refractivity contribution in [3.63, 3.8) is 0 Å². The number of rotatable bonds is 8. The quantitative estimate of drug-likeness (QED) is 0.444. The van der Waals surface area contributed by atoms with Gasteiger partial charge in [0, 0.05) is 18.3 Å². The number of carbonyl (C=O) groups excluding carboxylic acids is 2. The maximum absolute atomic E-state index is 13.3. The van der Waals surface area contributed by atoms with E-state index in [1.54, 1.807) is 6.07 Å². The molecule has 2 heterocycles. The zero-order valence-corrected chi connectivity index (χ0v) is 20.2. The van der Waals surface area contributed by atoms with E-state index in [2.05, 4.69) is 10.3 Å². The van der Waals surface area contributed by atoms with E-state index in [4.69, 9.17) is 0 Å². The number of thiazole rings is 1. The first-order valence-electron chi connectivity index (χ1n) is 11.5. The number of aliphatic hydroxyl groups is 2. The molecule has 2 amide bonds. The van der Waals surface area contributed by atoms with E-state index in [1.807, 2.05) is 42.6 Å². The molecule has 1 aliphatic rings. The lowest BCUT2D eigenvalue weighted by atomic mass is 10.0. The number of hydrogen-bond donors (Lipinski definition) is 3. The second-order valence-electron chi connectivity index (χ2n) is 8.69. The van der Waals surface area contributed by atoms with Crippen LogP contribution in [-0.2, 0) is 22.6 Å². The van der Waals surface area contributed by atoms with Crippen LogP contribution in [0, 0.1) is 12.7 Å². The minimum absolute atomic E-state index is 0.0558. The third kappa shape index (κ3) is 5.93. The molecule has 0 bridgehead atoms. The molecule has 1 fully saturated rings. The van der Waals surface area contributed by atoms with Crippen molar-refractivity contribution < 1.29 is 24.2 Å². The highest BCUT2D eigenvalue weighted by molar-refractivity contribution is 7.09. The topological polar surface area (TPSA) is 103 Å². The minimum Gasteiger partial charge on any atom is -0.380 e. The second kappa shape index (κ2) is 11.1. The number of aromatic nitrogens is 1. The van der Waals surface area contributed by atoms with E-state index in [0.29, 0.717) is 18.0 Å². The Kier molecular flexibility index (Phi) is 7.90. The molecule has 0 radical (unpaired) electrons. The molecule has 1 aliphatic heterocycles. The average Bonchev–Trinajstić information content (AvgIpc) is 3.53. The van der Waals surface area contributed by atoms with Gasteiger partial charge in [-0.05, 0) is 48.6 Å². The molecule has 0 saturated carbocycles. The van der Waals surface area contributed by atoms with E-state index < -0.39 is 24.0 Å². The highest BCUT2D eigenvalue weighted by atomic mass is 32.1. The van der Waals surface area contributed by atoms with Crippen LogP contribution in [0.5, 0.6) is 0 Å². The molecular weight excluding hydrogens is 469 g/mol. The van der Waals surface area contributed by atoms with Gasteiger partial charge in [-0.1, -0.05) is 36.4 Å². The molecule has 2 aromatic carbocycles. The summed E-state index contributed by atoms with van der Waals surface area (Å²) >= 11 is 1.35. The van der Waals surface area contributed by atoms with Gasteiger partial charge in [-0.15, -0.1) is 11.3 Å². The van der Waals surface area contributed by atoms with Crippen LogP contribution in [0.2, 0.25) is 0 Å². The van der Waals surface area contributed by atoms with Gasteiger partial charge in [0.05, 0.1) is 18.3 Å². The van der Waals surface area contributed by atoms with E-state index in [9.17, 15) is 24.2 Å². The molecule has 7 nitrogen and oxygen atoms in total. The number of nitrogens with one attached hydrogen (secondary N) is 1. The monoisotopic (exact) mass is 497 g/mol. The summed E-state index contributed by atoms with van der Waals surface area (Å²) in [4.78, 5) is 31.3. The Balaban J connectivity index is 1.31. The third-order valence-electron chi connectivity index (χ3n) is 6.23. The number of nitrogens with zero attached hydrogens (tertiary/aromatic N) is 2. The predicted molar refractivity (Wildman–Crippen MR) is 130 cm³/mol. The first-order chi connectivity index (χ1) is 16.8. The Bertz CT molecular complexity index is 1190. The van der Waals surface area contributed by atoms with Crippen molar-refractivity contribution in [3.05, 3.63) is 87.1 Å². The Labute approximate surface area is 207 Å². The smallest absolute Gasteiger partial charge is 0.255 e. The number of aryl methyl sites for hydroxylation is 1. The number of halogens is 1. The highest BCUT2D eigenvalue weighted by Gasteiger charge is 2.38. The summed E-state index contributed by atoms with van der Waals surface area (Å²) in [6.45, 7) is 2.35. The molecule has 4 rings (SSSR count). The normalized spacial score (nSPS) is 17.3. The number of carbonyl (C=O) groups is 2. The maximum atomic E-state index is 13.3. The Morgan fingerprint density at radius 3 is 2.71 bits per heavy atom. The van der Waals surface area contributed by atoms with Crippen molar-refractivity contribution in [1.29, 1.82) is 0 Å². The van der Waals surface area contributed by atoms with Gasteiger partial charge in [0.25, 0.3) is 11.8 Å². The SMILES string of the molecule is Cc1cc(F)ccc1Cc1csc(CNC(=O)C(O)C(O)C(=O)N2CCCC2c2ccccc2)n1. The van der Waals surface area contributed by atoms with Crippen molar-refractivity contribution in [3.8, 4) is 0 Å². The fourth-order valence-electron chi connectivity index (χ4n) is 4.33. The molecule has 1 saturated heterocycles. The Morgan fingerprint density at radius 2 is 1.97 bits per heavy atom. The Morgan fingerprint density at radius 1 is 1.20 bits per heavy atom. The lowest BCUT2D eigenvalue weighted by Gasteiger charge is -2.28. The number of aliphatic hydroxyl groups excluding tert-OH is 2. The van der Waals surface area contributed by atoms with E-state index in [0.717, 1.165) is 35.2 Å². The van der Waals surface area contributed by atoms with Crippen LogP contribution in [0.25, 0.3) is 0 Å². The number of benzene rings is 2. The zero-order chi connectivity index (χ0) is 24.9. The van der Waals surface area contributed by atoms with Gasteiger partial charge in [0.2, 0.25) is 0 Å². The van der Waals surface area contributed by atoms with Crippen LogP contribution in [0.3, 0.4) is 0 Å². The minimum atomic E-state index is -1.89. The van der Waals surface area contributed by atoms with Gasteiger partial charge in [-0.2, -0.15) is 0 Å². The first-order valence-corrected chi connectivity index (χ1v) is 12.4. The van der Waals surface area contributed by atoms with Crippen LogP contribution in [0.4, 0.5) is 4.39 Å². The summed E-state index contributed by atoms with van der Waals surface area (Å²) in [7, 11) is 0. The standard InChI is InChI=1S/C26H28FN3O4S/c1-16-12-19(27)10-9-18(16)13-20-15-35-22(29-20)14-28-25(33)23(31)24(32)26(34)30-11-5-8-21(30)17-6-3-2-4-7-17/h2-4,6-7,9-10,12,15,21,23-24,31-32H,5,8,11,13-14H2,1H3,(H,28,33). The van der Waals surface area contributed by atoms with Gasteiger partial charge in [-0.25, -0.2) is 9.37 Å². The fraction of sp³-hybridized carbons (Fsp3) is 0.346. The van der Waals surface area contributed by atoms with Gasteiger partial charge in [-0.3, -0.25) is 9.59 Å². The fourth-order valence-corrected chi connectivity index (χ4v) is 5.07. The highest BCUT2D eigenvalue weighted by Crippen LogP contribution is 2.32. The number of amides is 2. The van der Waals surface area contributed by atoms with Crippen molar-refractivity contribution in [2.24, 2.45) is 0 Å². The molecule has 35 heavy (non-hydrogen) atoms. The summed E-state index contributed by atoms with van der Waals surface area (Å²) in [5.41, 5.74) is 3.53. The predicted octanol–water partition coefficient (Wildman–Crippen LogP) is 2.88. The van der Waals surface area contributed by atoms with Crippen LogP contribution in [-0.4, -0.2) is 50.7 Å². The van der Waals surface area contributed by atoms with Gasteiger partial charge < -0.3 is 20.4 Å². The van der Waals surface area contributed by atoms with Gasteiger partial charge in [0.15, 0.2) is 12.2 Å². The maximum Gasteiger partial charge on any atom is 0.255 e. The van der Waals surface area contributed by atoms with E-state index in [-0.39, 0.29) is 18.4 Å². The molecule has 3 N–H and O–H groups in total. The summed E-state index contributed by atoms with van der Waals surface area (Å²) < 4.78 is 13.3. The van der Waals surface area contributed by atoms with Crippen LogP contribution < -0.4 is 5.32 Å². The van der Waals surface area contributed by atoms with E-state index in [1.165, 1.54) is 28.4 Å². The van der Waals surface area contributed by atoms with Crippen molar-refractivity contribution in [2.75, 3.05) is 6.54 Å². The molecule has 9 heteroatoms. The Hall–Kier alpha value is -3.14. The summed E-state index contributed by atoms with van der Waals surface area (Å²) in [6, 6.07) is 13.9. The molecule has 3 aromatic rings. The summed E-state index contributed by atoms with van der Waals surface area (Å²) in [5.74, 6) is -1.79. The molecule has 0 spiro atoms. The van der Waals surface area contributed by atoms with Crippen LogP contribution in [0.1, 0.15) is 46.3 Å². The lowest BCUT2D eigenvalue weighted by Crippen LogP contribution is -2.50. The van der Waals surface area contributed by atoms with Gasteiger partial charge in [0.1, 0.15) is 10.8 Å². The number of hydrogen-bond acceptors (Lipinski definition) is 6. The molecule has 3 atom stereocenters. The molecule has 3 unspecified atom stereocenters. The summed E-state index contributed by atoms with van der Waals surface area (Å²) in [5, 5.41) is 25.8. The lowest BCUT2D eigenvalue weighted by molar-refractivity contribution is -0.153. The largest absolute Gasteiger partial charge is 0.380 e.